The number of rotatable bonds is 7. The fraction of sp³-hybridized carbons (Fsp3) is 0.778. The van der Waals surface area contributed by atoms with Gasteiger partial charge >= 0.3 is 5.97 Å². The molecule has 0 fully saturated rings. The number of hydrogen-bond donors (Lipinski definition) is 5. The second kappa shape index (κ2) is 7.15. The SMILES string of the molecule is C[C@@H](O)[C@H](NC(=O)[C@@H](N)CCCN)C(=O)O. The molecule has 3 atom stereocenters. The molecule has 0 spiro atoms. The fourth-order valence-corrected chi connectivity index (χ4v) is 1.12. The number of hydrogen-bond acceptors (Lipinski definition) is 5. The van der Waals surface area contributed by atoms with Crippen LogP contribution in [0.25, 0.3) is 0 Å². The molecule has 0 aromatic heterocycles. The normalized spacial score (nSPS) is 16.2. The summed E-state index contributed by atoms with van der Waals surface area (Å²) in [5, 5.41) is 20.0. The lowest BCUT2D eigenvalue weighted by atomic mass is 10.1. The van der Waals surface area contributed by atoms with E-state index in [0.717, 1.165) is 0 Å². The summed E-state index contributed by atoms with van der Waals surface area (Å²) >= 11 is 0. The largest absolute Gasteiger partial charge is 0.480 e. The molecule has 0 aromatic rings. The average Bonchev–Trinajstić information content (AvgIpc) is 2.20. The monoisotopic (exact) mass is 233 g/mol. The van der Waals surface area contributed by atoms with Gasteiger partial charge < -0.3 is 27.0 Å². The summed E-state index contributed by atoms with van der Waals surface area (Å²) in [5.41, 5.74) is 10.8. The Kier molecular flexibility index (Phi) is 6.63. The molecule has 0 heterocycles. The molecule has 0 bridgehead atoms. The van der Waals surface area contributed by atoms with Crippen LogP contribution in [0.5, 0.6) is 0 Å². The summed E-state index contributed by atoms with van der Waals surface area (Å²) in [4.78, 5) is 22.1. The van der Waals surface area contributed by atoms with E-state index in [1.807, 2.05) is 0 Å². The van der Waals surface area contributed by atoms with Gasteiger partial charge in [0.15, 0.2) is 6.04 Å². The number of nitrogens with one attached hydrogen (secondary N) is 1. The van der Waals surface area contributed by atoms with E-state index < -0.39 is 30.1 Å². The minimum absolute atomic E-state index is 0.383. The zero-order valence-corrected chi connectivity index (χ0v) is 9.22. The van der Waals surface area contributed by atoms with Crippen molar-refractivity contribution < 1.29 is 19.8 Å². The highest BCUT2D eigenvalue weighted by Gasteiger charge is 2.26. The van der Waals surface area contributed by atoms with Crippen LogP contribution in [0.4, 0.5) is 0 Å². The highest BCUT2D eigenvalue weighted by Crippen LogP contribution is 1.97. The van der Waals surface area contributed by atoms with E-state index in [0.29, 0.717) is 19.4 Å². The van der Waals surface area contributed by atoms with E-state index in [4.69, 9.17) is 21.7 Å². The smallest absolute Gasteiger partial charge is 0.328 e. The molecule has 0 aliphatic heterocycles. The molecule has 0 aliphatic rings. The van der Waals surface area contributed by atoms with Crippen LogP contribution in [0, 0.1) is 0 Å². The Morgan fingerprint density at radius 3 is 2.38 bits per heavy atom. The van der Waals surface area contributed by atoms with Gasteiger partial charge in [0.25, 0.3) is 0 Å². The zero-order chi connectivity index (χ0) is 12.7. The van der Waals surface area contributed by atoms with E-state index in [-0.39, 0.29) is 0 Å². The second-order valence-corrected chi connectivity index (χ2v) is 3.60. The molecular formula is C9H19N3O4. The Bertz CT molecular complexity index is 245. The summed E-state index contributed by atoms with van der Waals surface area (Å²) in [6.45, 7) is 1.70. The van der Waals surface area contributed by atoms with E-state index in [2.05, 4.69) is 5.32 Å². The lowest BCUT2D eigenvalue weighted by molar-refractivity contribution is -0.145. The summed E-state index contributed by atoms with van der Waals surface area (Å²) in [6, 6.07) is -2.14. The molecule has 0 radical (unpaired) electrons. The van der Waals surface area contributed by atoms with Gasteiger partial charge in [0.05, 0.1) is 12.1 Å². The molecule has 0 aromatic carbocycles. The molecule has 7 N–H and O–H groups in total. The number of carboxylic acids is 1. The van der Waals surface area contributed by atoms with Gasteiger partial charge in [0.2, 0.25) is 5.91 Å². The van der Waals surface area contributed by atoms with Crippen molar-refractivity contribution >= 4 is 11.9 Å². The van der Waals surface area contributed by atoms with Gasteiger partial charge in [-0.25, -0.2) is 4.79 Å². The number of amides is 1. The minimum atomic E-state index is -1.34. The fourth-order valence-electron chi connectivity index (χ4n) is 1.12. The number of aliphatic carboxylic acids is 1. The quantitative estimate of drug-likeness (QED) is 0.345. The molecule has 1 amide bonds. The third-order valence-corrected chi connectivity index (χ3v) is 2.10. The van der Waals surface area contributed by atoms with Gasteiger partial charge in [-0.15, -0.1) is 0 Å². The highest BCUT2D eigenvalue weighted by atomic mass is 16.4. The standard InChI is InChI=1S/C9H19N3O4/c1-5(13)7(9(15)16)12-8(14)6(11)3-2-4-10/h5-7,13H,2-4,10-11H2,1H3,(H,12,14)(H,15,16)/t5-,6+,7+/m1/s1. The Labute approximate surface area is 93.8 Å². The van der Waals surface area contributed by atoms with E-state index in [9.17, 15) is 9.59 Å². The van der Waals surface area contributed by atoms with Crippen LogP contribution in [0.1, 0.15) is 19.8 Å². The van der Waals surface area contributed by atoms with Crippen LogP contribution in [-0.4, -0.2) is 46.8 Å². The third kappa shape index (κ3) is 5.06. The van der Waals surface area contributed by atoms with Crippen molar-refractivity contribution in [3.05, 3.63) is 0 Å². The summed E-state index contributed by atoms with van der Waals surface area (Å²) in [6.07, 6.45) is -0.210. The Balaban J connectivity index is 4.24. The number of aliphatic hydroxyl groups is 1. The third-order valence-electron chi connectivity index (χ3n) is 2.10. The number of nitrogens with two attached hydrogens (primary N) is 2. The topological polar surface area (TPSA) is 139 Å². The van der Waals surface area contributed by atoms with Crippen LogP contribution >= 0.6 is 0 Å². The van der Waals surface area contributed by atoms with Crippen molar-refractivity contribution in [2.45, 2.75) is 38.0 Å². The predicted octanol–water partition coefficient (Wildman–Crippen LogP) is -2.00. The minimum Gasteiger partial charge on any atom is -0.480 e. The Morgan fingerprint density at radius 1 is 1.44 bits per heavy atom. The maximum Gasteiger partial charge on any atom is 0.328 e. The molecule has 0 rings (SSSR count). The summed E-state index contributed by atoms with van der Waals surface area (Å²) < 4.78 is 0. The first-order valence-corrected chi connectivity index (χ1v) is 5.07. The van der Waals surface area contributed by atoms with Gasteiger partial charge in [0, 0.05) is 0 Å². The van der Waals surface area contributed by atoms with Crippen molar-refractivity contribution in [2.24, 2.45) is 11.5 Å². The molecule has 94 valence electrons. The summed E-state index contributed by atoms with van der Waals surface area (Å²) in [7, 11) is 0. The van der Waals surface area contributed by atoms with Crippen molar-refractivity contribution in [1.29, 1.82) is 0 Å². The van der Waals surface area contributed by atoms with Gasteiger partial charge in [0.1, 0.15) is 0 Å². The molecule has 7 nitrogen and oxygen atoms in total. The van der Waals surface area contributed by atoms with E-state index in [1.54, 1.807) is 0 Å². The highest BCUT2D eigenvalue weighted by molar-refractivity contribution is 5.87. The van der Waals surface area contributed by atoms with Crippen LogP contribution in [-0.2, 0) is 9.59 Å². The zero-order valence-electron chi connectivity index (χ0n) is 9.22. The molecule has 7 heteroatoms. The number of carbonyl (C=O) groups is 2. The van der Waals surface area contributed by atoms with E-state index >= 15 is 0 Å². The first-order chi connectivity index (χ1) is 7.40. The van der Waals surface area contributed by atoms with Crippen LogP contribution in [0.2, 0.25) is 0 Å². The lowest BCUT2D eigenvalue weighted by Gasteiger charge is -2.19. The predicted molar refractivity (Wildman–Crippen MR) is 57.5 cm³/mol. The summed E-state index contributed by atoms with van der Waals surface area (Å²) in [5.74, 6) is -1.89. The number of carboxylic acid groups (broad SMARTS) is 1. The lowest BCUT2D eigenvalue weighted by Crippen LogP contribution is -2.52. The van der Waals surface area contributed by atoms with Crippen molar-refractivity contribution in [2.75, 3.05) is 6.54 Å². The van der Waals surface area contributed by atoms with E-state index in [1.165, 1.54) is 6.92 Å². The Hall–Kier alpha value is -1.18. The second-order valence-electron chi connectivity index (χ2n) is 3.60. The number of aliphatic hydroxyl groups excluding tert-OH is 1. The molecule has 0 aliphatic carbocycles. The molecule has 16 heavy (non-hydrogen) atoms. The Morgan fingerprint density at radius 2 is 2.00 bits per heavy atom. The van der Waals surface area contributed by atoms with Crippen LogP contribution < -0.4 is 16.8 Å². The molecule has 0 saturated heterocycles. The maximum atomic E-state index is 11.4. The van der Waals surface area contributed by atoms with Gasteiger partial charge in [-0.3, -0.25) is 4.79 Å². The van der Waals surface area contributed by atoms with Gasteiger partial charge in [-0.05, 0) is 26.3 Å². The maximum absolute atomic E-state index is 11.4. The van der Waals surface area contributed by atoms with Crippen LogP contribution in [0.15, 0.2) is 0 Å². The van der Waals surface area contributed by atoms with Crippen molar-refractivity contribution in [3.63, 3.8) is 0 Å². The molecule has 0 saturated carbocycles. The first kappa shape index (κ1) is 14.8. The first-order valence-electron chi connectivity index (χ1n) is 5.07. The van der Waals surface area contributed by atoms with Crippen molar-refractivity contribution in [1.82, 2.24) is 5.32 Å². The van der Waals surface area contributed by atoms with Gasteiger partial charge in [-0.2, -0.15) is 0 Å². The number of carbonyl (C=O) groups excluding carboxylic acids is 1. The average molecular weight is 233 g/mol. The van der Waals surface area contributed by atoms with Gasteiger partial charge in [-0.1, -0.05) is 0 Å². The molecule has 0 unspecified atom stereocenters. The van der Waals surface area contributed by atoms with Crippen molar-refractivity contribution in [3.8, 4) is 0 Å². The van der Waals surface area contributed by atoms with Crippen LogP contribution in [0.3, 0.4) is 0 Å². The molecular weight excluding hydrogens is 214 g/mol.